The highest BCUT2D eigenvalue weighted by atomic mass is 16.5. The van der Waals surface area contributed by atoms with Gasteiger partial charge in [-0.25, -0.2) is 0 Å². The number of esters is 2. The maximum absolute atomic E-state index is 13.6. The molecule has 4 N–H and O–H groups in total. The Morgan fingerprint density at radius 3 is 1.41 bits per heavy atom. The molecule has 2 aliphatic carbocycles. The van der Waals surface area contributed by atoms with E-state index >= 15 is 0 Å². The largest absolute Gasteiger partial charge is 0.465 e. The third-order valence-corrected chi connectivity index (χ3v) is 10.5. The Morgan fingerprint density at radius 1 is 0.661 bits per heavy atom. The zero-order valence-electron chi connectivity index (χ0n) is 33.1. The molecule has 2 fully saturated rings. The summed E-state index contributed by atoms with van der Waals surface area (Å²) in [5, 5.41) is 12.6. The quantitative estimate of drug-likeness (QED) is 0.0818. The molecule has 12 nitrogen and oxygen atoms in total. The number of anilines is 2. The fourth-order valence-electron chi connectivity index (χ4n) is 6.82. The van der Waals surface area contributed by atoms with Crippen LogP contribution in [0.2, 0.25) is 0 Å². The first-order chi connectivity index (χ1) is 27.0. The molecule has 0 saturated heterocycles. The maximum Gasteiger partial charge on any atom is 0.322 e. The summed E-state index contributed by atoms with van der Waals surface area (Å²) < 4.78 is 10.2. The zero-order valence-corrected chi connectivity index (χ0v) is 33.1. The monoisotopic (exact) mass is 760 g/mol. The Hall–Kier alpha value is -5.46. The molecule has 56 heavy (non-hydrogen) atoms. The molecule has 0 spiro atoms. The topological polar surface area (TPSA) is 161 Å². The van der Waals surface area contributed by atoms with Gasteiger partial charge < -0.3 is 30.7 Å². The number of hydrogen-bond acceptors (Lipinski definition) is 10. The standard InChI is InChI=1S/C44H52N6O6/c1-7-55-43(53)27(5)45-21-31-23-47-39(19-35(31)29-15-16-29)41(51)49-37-13-9-11-33(25(37)3)34-12-10-14-38(26(34)4)50-42(52)40-20-36(30-17-18-30)32(24-48-40)22-46-28(6)44(54)56-8-2/h9-14,19-20,23-24,27-30,45-46H,7-8,15-18,21-22H2,1-6H3,(H,49,51)(H,50,52)/t27-,28-/m0/s1. The van der Waals surface area contributed by atoms with Crippen LogP contribution in [0.4, 0.5) is 11.4 Å². The molecule has 2 amide bonds. The molecule has 2 aromatic carbocycles. The van der Waals surface area contributed by atoms with Gasteiger partial charge in [-0.3, -0.25) is 29.1 Å². The van der Waals surface area contributed by atoms with E-state index in [9.17, 15) is 19.2 Å². The number of ether oxygens (including phenoxy) is 2. The van der Waals surface area contributed by atoms with E-state index in [-0.39, 0.29) is 23.8 Å². The number of benzene rings is 2. The minimum absolute atomic E-state index is 0.302. The van der Waals surface area contributed by atoms with Crippen molar-refractivity contribution in [2.24, 2.45) is 0 Å². The number of pyridine rings is 2. The SMILES string of the molecule is CCOC(=O)[C@H](C)NCc1cnc(C(=O)Nc2cccc(-c3cccc(NC(=O)c4cc(C5CC5)c(CN[C@@H](C)C(=O)OCC)cn4)c3C)c2C)cc1C1CC1. The third kappa shape index (κ3) is 9.66. The molecule has 294 valence electrons. The highest BCUT2D eigenvalue weighted by Crippen LogP contribution is 2.43. The number of hydrogen-bond donors (Lipinski definition) is 4. The minimum Gasteiger partial charge on any atom is -0.465 e. The van der Waals surface area contributed by atoms with E-state index < -0.39 is 12.1 Å². The van der Waals surface area contributed by atoms with E-state index in [2.05, 4.69) is 31.2 Å². The van der Waals surface area contributed by atoms with Gasteiger partial charge in [0.15, 0.2) is 0 Å². The number of carbonyl (C=O) groups is 4. The van der Waals surface area contributed by atoms with Gasteiger partial charge >= 0.3 is 11.9 Å². The number of carbonyl (C=O) groups excluding carboxylic acids is 4. The van der Waals surface area contributed by atoms with Gasteiger partial charge in [0.1, 0.15) is 23.5 Å². The number of nitrogens with zero attached hydrogens (tertiary/aromatic N) is 2. The second kappa shape index (κ2) is 18.0. The summed E-state index contributed by atoms with van der Waals surface area (Å²) >= 11 is 0. The van der Waals surface area contributed by atoms with E-state index in [1.807, 2.05) is 62.4 Å². The Balaban J connectivity index is 1.15. The van der Waals surface area contributed by atoms with Crippen molar-refractivity contribution in [3.63, 3.8) is 0 Å². The summed E-state index contributed by atoms with van der Waals surface area (Å²) in [5.74, 6) is -0.486. The van der Waals surface area contributed by atoms with Crippen LogP contribution >= 0.6 is 0 Å². The fraction of sp³-hybridized carbons (Fsp3) is 0.409. The summed E-state index contributed by atoms with van der Waals surface area (Å²) in [6.45, 7) is 12.6. The first-order valence-electron chi connectivity index (χ1n) is 19.6. The van der Waals surface area contributed by atoms with Crippen molar-refractivity contribution < 1.29 is 28.7 Å². The van der Waals surface area contributed by atoms with Gasteiger partial charge in [-0.2, -0.15) is 0 Å². The summed E-state index contributed by atoms with van der Waals surface area (Å²) in [6.07, 6.45) is 7.64. The Labute approximate surface area is 328 Å². The van der Waals surface area contributed by atoms with Gasteiger partial charge in [-0.1, -0.05) is 24.3 Å². The maximum atomic E-state index is 13.6. The van der Waals surface area contributed by atoms with Gasteiger partial charge in [0, 0.05) is 36.9 Å². The van der Waals surface area contributed by atoms with Crippen LogP contribution in [0.15, 0.2) is 60.9 Å². The molecule has 12 heteroatoms. The van der Waals surface area contributed by atoms with E-state index in [1.165, 1.54) is 0 Å². The lowest BCUT2D eigenvalue weighted by Gasteiger charge is -2.18. The third-order valence-electron chi connectivity index (χ3n) is 10.5. The highest BCUT2D eigenvalue weighted by Gasteiger charge is 2.29. The molecule has 4 aromatic rings. The van der Waals surface area contributed by atoms with E-state index in [4.69, 9.17) is 9.47 Å². The van der Waals surface area contributed by atoms with Gasteiger partial charge in [0.2, 0.25) is 0 Å². The number of rotatable bonds is 17. The first kappa shape index (κ1) is 40.2. The molecule has 2 atom stereocenters. The summed E-state index contributed by atoms with van der Waals surface area (Å²) in [6, 6.07) is 14.4. The average Bonchev–Trinajstić information content (AvgIpc) is 4.13. The molecule has 2 aliphatic rings. The highest BCUT2D eigenvalue weighted by molar-refractivity contribution is 6.05. The lowest BCUT2D eigenvalue weighted by atomic mass is 9.94. The first-order valence-corrected chi connectivity index (χ1v) is 19.6. The van der Waals surface area contributed by atoms with Crippen LogP contribution < -0.4 is 21.3 Å². The smallest absolute Gasteiger partial charge is 0.322 e. The predicted molar refractivity (Wildman–Crippen MR) is 216 cm³/mol. The molecular formula is C44H52N6O6. The minimum atomic E-state index is -0.459. The molecular weight excluding hydrogens is 709 g/mol. The lowest BCUT2D eigenvalue weighted by molar-refractivity contribution is -0.146. The van der Waals surface area contributed by atoms with Gasteiger partial charge in [-0.15, -0.1) is 0 Å². The number of amides is 2. The molecule has 6 rings (SSSR count). The predicted octanol–water partition coefficient (Wildman–Crippen LogP) is 7.10. The van der Waals surface area contributed by atoms with Crippen LogP contribution in [0.3, 0.4) is 0 Å². The summed E-state index contributed by atoms with van der Waals surface area (Å²) in [7, 11) is 0. The molecule has 0 bridgehead atoms. The van der Waals surface area contributed by atoms with E-state index in [0.29, 0.717) is 60.9 Å². The molecule has 2 aromatic heterocycles. The van der Waals surface area contributed by atoms with Crippen LogP contribution in [-0.2, 0) is 32.2 Å². The normalized spacial score (nSPS) is 14.8. The van der Waals surface area contributed by atoms with E-state index in [0.717, 1.165) is 70.2 Å². The molecule has 2 saturated carbocycles. The van der Waals surface area contributed by atoms with Gasteiger partial charge in [-0.05, 0) is 148 Å². The van der Waals surface area contributed by atoms with Crippen molar-refractivity contribution in [2.45, 2.75) is 104 Å². The van der Waals surface area contributed by atoms with Crippen molar-refractivity contribution >= 4 is 35.1 Å². The number of aromatic nitrogens is 2. The van der Waals surface area contributed by atoms with Crippen molar-refractivity contribution in [1.82, 2.24) is 20.6 Å². The second-order valence-corrected chi connectivity index (χ2v) is 14.7. The molecule has 0 aliphatic heterocycles. The van der Waals surface area contributed by atoms with Gasteiger partial charge in [0.25, 0.3) is 11.8 Å². The Bertz CT molecular complexity index is 1960. The van der Waals surface area contributed by atoms with Crippen molar-refractivity contribution in [1.29, 1.82) is 0 Å². The summed E-state index contributed by atoms with van der Waals surface area (Å²) in [4.78, 5) is 60.4. The van der Waals surface area contributed by atoms with Crippen LogP contribution in [0, 0.1) is 13.8 Å². The second-order valence-electron chi connectivity index (χ2n) is 14.7. The molecule has 0 unspecified atom stereocenters. The molecule has 0 radical (unpaired) electrons. The van der Waals surface area contributed by atoms with Crippen molar-refractivity contribution in [3.8, 4) is 11.1 Å². The average molecular weight is 761 g/mol. The number of nitrogens with one attached hydrogen (secondary N) is 4. The van der Waals surface area contributed by atoms with Crippen LogP contribution in [0.5, 0.6) is 0 Å². The fourth-order valence-corrected chi connectivity index (χ4v) is 6.82. The van der Waals surface area contributed by atoms with Gasteiger partial charge in [0.05, 0.1) is 13.2 Å². The van der Waals surface area contributed by atoms with Crippen LogP contribution in [0.25, 0.3) is 11.1 Å². The Kier molecular flexibility index (Phi) is 12.9. The van der Waals surface area contributed by atoms with E-state index in [1.54, 1.807) is 40.1 Å². The summed E-state index contributed by atoms with van der Waals surface area (Å²) in [5.41, 5.74) is 9.64. The zero-order chi connectivity index (χ0) is 39.9. The van der Waals surface area contributed by atoms with Crippen LogP contribution in [0.1, 0.15) is 120 Å². The van der Waals surface area contributed by atoms with Crippen molar-refractivity contribution in [2.75, 3.05) is 23.8 Å². The van der Waals surface area contributed by atoms with Crippen molar-refractivity contribution in [3.05, 3.63) is 106 Å². The molecule has 2 heterocycles. The van der Waals surface area contributed by atoms with Crippen LogP contribution in [-0.4, -0.2) is 59.0 Å². The lowest BCUT2D eigenvalue weighted by Crippen LogP contribution is -2.35. The Morgan fingerprint density at radius 2 is 1.05 bits per heavy atom.